The Labute approximate surface area is 109 Å². The van der Waals surface area contributed by atoms with E-state index in [4.69, 9.17) is 17.0 Å². The SMILES string of the molecule is COCCNC(=S)N/N=C\c1c(F)cccc1F. The van der Waals surface area contributed by atoms with Gasteiger partial charge in [0.1, 0.15) is 11.6 Å². The van der Waals surface area contributed by atoms with Crippen LogP contribution in [0.4, 0.5) is 8.78 Å². The standard InChI is InChI=1S/C11H13F2N3OS/c1-17-6-5-14-11(18)16-15-7-8-9(12)3-2-4-10(8)13/h2-4,7H,5-6H2,1H3,(H2,14,16,18)/b15-7-. The molecule has 0 saturated carbocycles. The highest BCUT2D eigenvalue weighted by atomic mass is 32.1. The molecule has 1 aromatic carbocycles. The van der Waals surface area contributed by atoms with E-state index < -0.39 is 11.6 Å². The molecule has 0 aliphatic carbocycles. The molecule has 0 atom stereocenters. The first-order valence-electron chi connectivity index (χ1n) is 5.15. The van der Waals surface area contributed by atoms with Crippen LogP contribution in [0.3, 0.4) is 0 Å². The molecule has 0 bridgehead atoms. The Hall–Kier alpha value is -1.60. The summed E-state index contributed by atoms with van der Waals surface area (Å²) in [4.78, 5) is 0. The smallest absolute Gasteiger partial charge is 0.187 e. The summed E-state index contributed by atoms with van der Waals surface area (Å²) in [5, 5.41) is 6.69. The van der Waals surface area contributed by atoms with Gasteiger partial charge < -0.3 is 10.1 Å². The van der Waals surface area contributed by atoms with Crippen molar-refractivity contribution in [3.8, 4) is 0 Å². The summed E-state index contributed by atoms with van der Waals surface area (Å²) < 4.78 is 31.2. The number of hydrogen-bond donors (Lipinski definition) is 2. The van der Waals surface area contributed by atoms with Crippen molar-refractivity contribution in [3.05, 3.63) is 35.4 Å². The van der Waals surface area contributed by atoms with Crippen molar-refractivity contribution in [2.24, 2.45) is 5.10 Å². The van der Waals surface area contributed by atoms with Gasteiger partial charge in [-0.25, -0.2) is 8.78 Å². The molecule has 0 radical (unpaired) electrons. The highest BCUT2D eigenvalue weighted by Crippen LogP contribution is 2.08. The number of thiocarbonyl (C=S) groups is 1. The number of ether oxygens (including phenoxy) is 1. The molecule has 4 nitrogen and oxygen atoms in total. The molecule has 2 N–H and O–H groups in total. The summed E-state index contributed by atoms with van der Waals surface area (Å²) in [6.07, 6.45) is 1.04. The van der Waals surface area contributed by atoms with Crippen LogP contribution in [0.15, 0.2) is 23.3 Å². The predicted octanol–water partition coefficient (Wildman–Crippen LogP) is 1.41. The van der Waals surface area contributed by atoms with Crippen molar-refractivity contribution in [2.75, 3.05) is 20.3 Å². The van der Waals surface area contributed by atoms with Crippen molar-refractivity contribution >= 4 is 23.5 Å². The average molecular weight is 273 g/mol. The number of halogens is 2. The van der Waals surface area contributed by atoms with Gasteiger partial charge in [0.05, 0.1) is 18.4 Å². The molecule has 98 valence electrons. The second-order valence-electron chi connectivity index (χ2n) is 3.25. The lowest BCUT2D eigenvalue weighted by Gasteiger charge is -2.05. The Morgan fingerprint density at radius 3 is 2.72 bits per heavy atom. The van der Waals surface area contributed by atoms with Crippen LogP contribution in [-0.4, -0.2) is 31.6 Å². The molecule has 0 aliphatic rings. The molecule has 0 aromatic heterocycles. The molecule has 0 amide bonds. The average Bonchev–Trinajstić information content (AvgIpc) is 2.33. The first-order chi connectivity index (χ1) is 8.65. The molecular weight excluding hydrogens is 260 g/mol. The summed E-state index contributed by atoms with van der Waals surface area (Å²) in [6, 6.07) is 3.59. The van der Waals surface area contributed by atoms with Gasteiger partial charge in [0.15, 0.2) is 5.11 Å². The van der Waals surface area contributed by atoms with Gasteiger partial charge in [-0.05, 0) is 24.4 Å². The number of hydrogen-bond acceptors (Lipinski definition) is 3. The lowest BCUT2D eigenvalue weighted by atomic mass is 10.2. The Kier molecular flexibility index (Phi) is 6.16. The third-order valence-corrected chi connectivity index (χ3v) is 2.19. The Morgan fingerprint density at radius 1 is 1.44 bits per heavy atom. The lowest BCUT2D eigenvalue weighted by molar-refractivity contribution is 0.204. The van der Waals surface area contributed by atoms with Gasteiger partial charge in [-0.3, -0.25) is 5.43 Å². The quantitative estimate of drug-likeness (QED) is 0.368. The number of rotatable bonds is 5. The van der Waals surface area contributed by atoms with Crippen molar-refractivity contribution in [1.29, 1.82) is 0 Å². The van der Waals surface area contributed by atoms with Crippen molar-refractivity contribution < 1.29 is 13.5 Å². The molecule has 1 aromatic rings. The van der Waals surface area contributed by atoms with E-state index in [9.17, 15) is 8.78 Å². The van der Waals surface area contributed by atoms with Crippen molar-refractivity contribution in [3.63, 3.8) is 0 Å². The second-order valence-corrected chi connectivity index (χ2v) is 3.66. The van der Waals surface area contributed by atoms with Gasteiger partial charge in [0.25, 0.3) is 0 Å². The van der Waals surface area contributed by atoms with E-state index in [0.29, 0.717) is 13.2 Å². The van der Waals surface area contributed by atoms with Gasteiger partial charge in [0, 0.05) is 13.7 Å². The van der Waals surface area contributed by atoms with Crippen molar-refractivity contribution in [2.45, 2.75) is 0 Å². The zero-order valence-corrected chi connectivity index (χ0v) is 10.6. The lowest BCUT2D eigenvalue weighted by Crippen LogP contribution is -2.34. The normalized spacial score (nSPS) is 10.6. The zero-order valence-electron chi connectivity index (χ0n) is 9.74. The van der Waals surface area contributed by atoms with E-state index in [0.717, 1.165) is 18.3 Å². The first-order valence-corrected chi connectivity index (χ1v) is 5.56. The second kappa shape index (κ2) is 7.67. The van der Waals surface area contributed by atoms with Crippen LogP contribution >= 0.6 is 12.2 Å². The number of benzene rings is 1. The summed E-state index contributed by atoms with van der Waals surface area (Å²) in [6.45, 7) is 1.01. The maximum Gasteiger partial charge on any atom is 0.187 e. The monoisotopic (exact) mass is 273 g/mol. The van der Waals surface area contributed by atoms with Crippen LogP contribution in [-0.2, 0) is 4.74 Å². The molecule has 0 spiro atoms. The van der Waals surface area contributed by atoms with E-state index in [1.807, 2.05) is 0 Å². The molecular formula is C11H13F2N3OS. The first kappa shape index (κ1) is 14.5. The fourth-order valence-electron chi connectivity index (χ4n) is 1.10. The number of nitrogens with one attached hydrogen (secondary N) is 2. The third-order valence-electron chi connectivity index (χ3n) is 1.95. The number of hydrazone groups is 1. The number of nitrogens with zero attached hydrogens (tertiary/aromatic N) is 1. The molecule has 0 saturated heterocycles. The maximum atomic E-state index is 13.2. The molecule has 0 unspecified atom stereocenters. The summed E-state index contributed by atoms with van der Waals surface area (Å²) in [5.41, 5.74) is 2.23. The zero-order chi connectivity index (χ0) is 13.4. The van der Waals surface area contributed by atoms with Crippen LogP contribution in [0.2, 0.25) is 0 Å². The summed E-state index contributed by atoms with van der Waals surface area (Å²) in [5.74, 6) is -1.36. The van der Waals surface area contributed by atoms with E-state index in [2.05, 4.69) is 15.8 Å². The Morgan fingerprint density at radius 2 is 2.11 bits per heavy atom. The van der Waals surface area contributed by atoms with E-state index in [-0.39, 0.29) is 10.7 Å². The molecule has 0 fully saturated rings. The summed E-state index contributed by atoms with van der Waals surface area (Å²) >= 11 is 4.87. The van der Waals surface area contributed by atoms with E-state index >= 15 is 0 Å². The molecule has 18 heavy (non-hydrogen) atoms. The van der Waals surface area contributed by atoms with Crippen LogP contribution in [0.1, 0.15) is 5.56 Å². The van der Waals surface area contributed by atoms with E-state index in [1.165, 1.54) is 6.07 Å². The molecule has 0 aliphatic heterocycles. The van der Waals surface area contributed by atoms with Crippen molar-refractivity contribution in [1.82, 2.24) is 10.7 Å². The minimum absolute atomic E-state index is 0.218. The predicted molar refractivity (Wildman–Crippen MR) is 69.6 cm³/mol. The van der Waals surface area contributed by atoms with Crippen LogP contribution < -0.4 is 10.7 Å². The van der Waals surface area contributed by atoms with Gasteiger partial charge in [0.2, 0.25) is 0 Å². The largest absolute Gasteiger partial charge is 0.383 e. The molecule has 1 rings (SSSR count). The van der Waals surface area contributed by atoms with Gasteiger partial charge in [-0.1, -0.05) is 6.07 Å². The van der Waals surface area contributed by atoms with Gasteiger partial charge >= 0.3 is 0 Å². The highest BCUT2D eigenvalue weighted by molar-refractivity contribution is 7.80. The van der Waals surface area contributed by atoms with Gasteiger partial charge in [-0.2, -0.15) is 5.10 Å². The maximum absolute atomic E-state index is 13.2. The third kappa shape index (κ3) is 4.72. The summed E-state index contributed by atoms with van der Waals surface area (Å²) in [7, 11) is 1.57. The molecule has 7 heteroatoms. The topological polar surface area (TPSA) is 45.6 Å². The minimum atomic E-state index is -0.682. The van der Waals surface area contributed by atoms with Gasteiger partial charge in [-0.15, -0.1) is 0 Å². The minimum Gasteiger partial charge on any atom is -0.383 e. The number of methoxy groups -OCH3 is 1. The van der Waals surface area contributed by atoms with Crippen LogP contribution in [0, 0.1) is 11.6 Å². The fourth-order valence-corrected chi connectivity index (χ4v) is 1.25. The van der Waals surface area contributed by atoms with E-state index in [1.54, 1.807) is 7.11 Å². The Balaban J connectivity index is 2.47. The molecule has 0 heterocycles. The fraction of sp³-hybridized carbons (Fsp3) is 0.273. The highest BCUT2D eigenvalue weighted by Gasteiger charge is 2.04. The van der Waals surface area contributed by atoms with Crippen LogP contribution in [0.5, 0.6) is 0 Å². The van der Waals surface area contributed by atoms with Crippen LogP contribution in [0.25, 0.3) is 0 Å². The Bertz CT molecular complexity index is 420.